The SMILES string of the molecule is CO.O=P(O)(O)CC(CN1CCCCC1)P(=O)(O)O.O=P(O)(O)CC(CN1CCCCC1)P(=O)(O)O.O=P(O)(O)CC(CN1CCCCC1)P(=O)(O)O.O=P(O)(O)CC(CN1CCCCC1)P(=O)(O)O.O=P(O)(O)CC(CN1CCCCC1)P(=O)(O)O. The molecule has 5 atom stereocenters. The van der Waals surface area contributed by atoms with Crippen LogP contribution in [0.15, 0.2) is 0 Å². The molecule has 87 heavy (non-hydrogen) atoms. The van der Waals surface area contributed by atoms with Crippen molar-refractivity contribution in [3.8, 4) is 0 Å². The van der Waals surface area contributed by atoms with Gasteiger partial charge in [0.05, 0.1) is 59.1 Å². The first-order chi connectivity index (χ1) is 39.4. The summed E-state index contributed by atoms with van der Waals surface area (Å²) in [5.41, 5.74) is -6.38. The first-order valence-corrected chi connectivity index (χ1v) is 45.4. The highest BCUT2D eigenvalue weighted by atomic mass is 31.2. The van der Waals surface area contributed by atoms with Crippen molar-refractivity contribution < 1.29 is 149 Å². The van der Waals surface area contributed by atoms with E-state index in [2.05, 4.69) is 0 Å². The zero-order valence-corrected chi connectivity index (χ0v) is 57.8. The molecule has 0 aliphatic carbocycles. The maximum atomic E-state index is 11.2. The molecule has 36 nitrogen and oxygen atoms in total. The second-order valence-electron chi connectivity index (χ2n) is 22.3. The number of nitrogens with zero attached hydrogens (tertiary/aromatic N) is 5. The van der Waals surface area contributed by atoms with E-state index in [1.165, 1.54) is 0 Å². The maximum Gasteiger partial charge on any atom is 0.330 e. The van der Waals surface area contributed by atoms with Crippen molar-refractivity contribution in [2.24, 2.45) is 0 Å². The Morgan fingerprint density at radius 2 is 0.322 bits per heavy atom. The lowest BCUT2D eigenvalue weighted by atomic mass is 10.1. The van der Waals surface area contributed by atoms with Crippen LogP contribution < -0.4 is 0 Å². The third-order valence-corrected chi connectivity index (χ3v) is 26.7. The molecule has 46 heteroatoms. The van der Waals surface area contributed by atoms with Gasteiger partial charge in [-0.2, -0.15) is 0 Å². The molecule has 0 aromatic rings. The number of piperidine rings is 5. The molecule has 5 rings (SSSR count). The normalized spacial score (nSPS) is 21.0. The van der Waals surface area contributed by atoms with Crippen molar-refractivity contribution in [3.63, 3.8) is 0 Å². The Labute approximate surface area is 507 Å². The number of rotatable bonds is 25. The van der Waals surface area contributed by atoms with Gasteiger partial charge in [-0.25, -0.2) is 0 Å². The molecule has 524 valence electrons. The first kappa shape index (κ1) is 88.3. The van der Waals surface area contributed by atoms with E-state index in [4.69, 9.17) is 103 Å². The Morgan fingerprint density at radius 3 is 0.402 bits per heavy atom. The van der Waals surface area contributed by atoms with Crippen molar-refractivity contribution in [1.82, 2.24) is 24.5 Å². The monoisotopic (exact) mass is 1470 g/mol. The van der Waals surface area contributed by atoms with Gasteiger partial charge in [-0.15, -0.1) is 0 Å². The van der Waals surface area contributed by atoms with Crippen LogP contribution in [0, 0.1) is 0 Å². The van der Waals surface area contributed by atoms with E-state index >= 15 is 0 Å². The molecule has 0 saturated carbocycles. The topological polar surface area (TPSA) is 612 Å². The fraction of sp³-hybridized carbons (Fsp3) is 1.00. The smallest absolute Gasteiger partial charge is 0.330 e. The second kappa shape index (κ2) is 40.7. The van der Waals surface area contributed by atoms with E-state index in [9.17, 15) is 45.7 Å². The first-order valence-electron chi connectivity index (χ1n) is 28.0. The predicted molar refractivity (Wildman–Crippen MR) is 323 cm³/mol. The van der Waals surface area contributed by atoms with E-state index in [-0.39, 0.29) is 32.7 Å². The lowest BCUT2D eigenvalue weighted by molar-refractivity contribution is 0.220. The Balaban J connectivity index is 0.00000105. The molecule has 0 aromatic heterocycles. The molecular weight excluding hydrogens is 1370 g/mol. The largest absolute Gasteiger partial charge is 0.400 e. The van der Waals surface area contributed by atoms with Crippen molar-refractivity contribution >= 4 is 76.0 Å². The number of hydrogen-bond donors (Lipinski definition) is 21. The molecule has 5 fully saturated rings. The van der Waals surface area contributed by atoms with Gasteiger partial charge in [0.25, 0.3) is 0 Å². The average Bonchev–Trinajstić information content (AvgIpc) is 3.46. The van der Waals surface area contributed by atoms with E-state index in [0.717, 1.165) is 169 Å². The van der Waals surface area contributed by atoms with Crippen LogP contribution in [-0.2, 0) is 45.7 Å². The van der Waals surface area contributed by atoms with Gasteiger partial charge in [-0.05, 0) is 130 Å². The fourth-order valence-electron chi connectivity index (χ4n) is 9.93. The molecule has 21 N–H and O–H groups in total. The molecule has 5 saturated heterocycles. The van der Waals surface area contributed by atoms with E-state index in [0.29, 0.717) is 0 Å². The molecule has 0 aromatic carbocycles. The molecule has 0 radical (unpaired) electrons. The van der Waals surface area contributed by atoms with Crippen LogP contribution in [0.2, 0.25) is 0 Å². The molecule has 5 aliphatic heterocycles. The summed E-state index contributed by atoms with van der Waals surface area (Å²) < 4.78 is 110. The van der Waals surface area contributed by atoms with Gasteiger partial charge in [0, 0.05) is 39.8 Å². The number of aliphatic hydroxyl groups is 1. The van der Waals surface area contributed by atoms with Gasteiger partial charge in [0.2, 0.25) is 0 Å². The standard InChI is InChI=1S/5C8H19NO6P2.CH4O/c5*10-16(11,12)7-8(17(13,14)15)6-9-4-2-1-3-5-9;1-2/h5*8H,1-7H2,(H2,10,11,12)(H2,13,14,15);2H,1H3. The highest BCUT2D eigenvalue weighted by Crippen LogP contribution is 2.53. The highest BCUT2D eigenvalue weighted by Gasteiger charge is 2.41. The zero-order chi connectivity index (χ0) is 67.5. The van der Waals surface area contributed by atoms with Crippen LogP contribution >= 0.6 is 76.0 Å². The van der Waals surface area contributed by atoms with Crippen molar-refractivity contribution in [2.45, 2.75) is 125 Å². The highest BCUT2D eigenvalue weighted by molar-refractivity contribution is 7.58. The summed E-state index contributed by atoms with van der Waals surface area (Å²) in [4.78, 5) is 189. The third-order valence-electron chi connectivity index (χ3n) is 14.2. The summed E-state index contributed by atoms with van der Waals surface area (Å²) in [6.07, 6.45) is 11.3. The fourth-order valence-corrected chi connectivity index (χ4v) is 22.9. The lowest BCUT2D eigenvalue weighted by Crippen LogP contribution is -2.37. The minimum atomic E-state index is -4.47. The van der Waals surface area contributed by atoms with Gasteiger partial charge in [0.1, 0.15) is 0 Å². The Bertz CT molecular complexity index is 2040. The van der Waals surface area contributed by atoms with Crippen molar-refractivity contribution in [3.05, 3.63) is 0 Å². The number of hydrogen-bond acceptors (Lipinski definition) is 16. The Hall–Kier alpha value is 1.26. The summed E-state index contributed by atoms with van der Waals surface area (Å²) in [5, 5.41) is 7.00. The average molecular weight is 1470 g/mol. The van der Waals surface area contributed by atoms with Gasteiger partial charge in [-0.1, -0.05) is 32.1 Å². The van der Waals surface area contributed by atoms with Crippen LogP contribution in [0.1, 0.15) is 96.3 Å². The van der Waals surface area contributed by atoms with Gasteiger partial charge in [0.15, 0.2) is 0 Å². The number of aliphatic hydroxyl groups excluding tert-OH is 1. The van der Waals surface area contributed by atoms with Crippen LogP contribution in [0.4, 0.5) is 0 Å². The molecule has 5 unspecified atom stereocenters. The summed E-state index contributed by atoms with van der Waals surface area (Å²) in [6.45, 7) is 7.59. The van der Waals surface area contributed by atoms with Gasteiger partial charge < -0.3 is 127 Å². The summed E-state index contributed by atoms with van der Waals surface area (Å²) in [6, 6.07) is 0. The summed E-state index contributed by atoms with van der Waals surface area (Å²) in [5.74, 6) is 0. The number of likely N-dealkylation sites (tertiary alicyclic amines) is 5. The van der Waals surface area contributed by atoms with E-state index in [1.54, 1.807) is 0 Å². The van der Waals surface area contributed by atoms with Crippen molar-refractivity contribution in [2.75, 3.05) is 136 Å². The Kier molecular flexibility index (Phi) is 41.3. The minimum Gasteiger partial charge on any atom is -0.400 e. The molecule has 0 amide bonds. The molecule has 0 bridgehead atoms. The zero-order valence-electron chi connectivity index (χ0n) is 48.8. The molecular formula is C41H99N5O31P10. The molecule has 0 spiro atoms. The van der Waals surface area contributed by atoms with Crippen LogP contribution in [0.3, 0.4) is 0 Å². The lowest BCUT2D eigenvalue weighted by Gasteiger charge is -2.30. The van der Waals surface area contributed by atoms with Gasteiger partial charge >= 0.3 is 76.0 Å². The van der Waals surface area contributed by atoms with Crippen LogP contribution in [0.5, 0.6) is 0 Å². The van der Waals surface area contributed by atoms with Crippen LogP contribution in [-0.4, -0.2) is 292 Å². The minimum absolute atomic E-state index is 0.0510. The van der Waals surface area contributed by atoms with Crippen molar-refractivity contribution in [1.29, 1.82) is 0 Å². The second-order valence-corrected chi connectivity index (χ2v) is 40.3. The third kappa shape index (κ3) is 46.9. The van der Waals surface area contributed by atoms with Crippen LogP contribution in [0.25, 0.3) is 0 Å². The maximum absolute atomic E-state index is 11.2. The van der Waals surface area contributed by atoms with E-state index in [1.807, 2.05) is 24.5 Å². The van der Waals surface area contributed by atoms with E-state index < -0.39 is 135 Å². The summed E-state index contributed by atoms with van der Waals surface area (Å²) in [7, 11) is -43.4. The Morgan fingerprint density at radius 1 is 0.218 bits per heavy atom. The predicted octanol–water partition coefficient (Wildman–Crippen LogP) is 0.590. The quantitative estimate of drug-likeness (QED) is 0.0556. The van der Waals surface area contributed by atoms with Gasteiger partial charge in [-0.3, -0.25) is 45.7 Å². The summed E-state index contributed by atoms with van der Waals surface area (Å²) >= 11 is 0. The molecule has 5 heterocycles. The molecule has 5 aliphatic rings.